The second-order valence-corrected chi connectivity index (χ2v) is 4.36. The van der Waals surface area contributed by atoms with Crippen molar-refractivity contribution in [2.24, 2.45) is 0 Å². The van der Waals surface area contributed by atoms with Crippen molar-refractivity contribution in [3.8, 4) is 0 Å². The summed E-state index contributed by atoms with van der Waals surface area (Å²) < 4.78 is 26.5. The maximum atomic E-state index is 13.5. The predicted molar refractivity (Wildman–Crippen MR) is 72.4 cm³/mol. The minimum atomic E-state index is -1.25. The number of nitro groups is 1. The van der Waals surface area contributed by atoms with E-state index in [9.17, 15) is 23.7 Å². The van der Waals surface area contributed by atoms with Gasteiger partial charge in [-0.25, -0.2) is 8.78 Å². The molecule has 0 aromatic heterocycles. The van der Waals surface area contributed by atoms with Crippen LogP contribution in [-0.4, -0.2) is 10.8 Å². The van der Waals surface area contributed by atoms with Gasteiger partial charge in [-0.05, 0) is 24.3 Å². The number of rotatable bonds is 3. The molecule has 0 aliphatic carbocycles. The Hall–Kier alpha value is -2.54. The van der Waals surface area contributed by atoms with Crippen molar-refractivity contribution < 1.29 is 18.5 Å². The second-order valence-electron chi connectivity index (χ2n) is 3.95. The van der Waals surface area contributed by atoms with Crippen LogP contribution in [0.15, 0.2) is 36.4 Å². The van der Waals surface area contributed by atoms with Crippen LogP contribution in [-0.2, 0) is 0 Å². The van der Waals surface area contributed by atoms with Crippen LogP contribution in [0.3, 0.4) is 0 Å². The van der Waals surface area contributed by atoms with Crippen molar-refractivity contribution >= 4 is 28.9 Å². The smallest absolute Gasteiger partial charge is 0.300 e. The topological polar surface area (TPSA) is 72.2 Å². The summed E-state index contributed by atoms with van der Waals surface area (Å²) in [7, 11) is 0. The lowest BCUT2D eigenvalue weighted by molar-refractivity contribution is -0.385. The molecule has 2 rings (SSSR count). The van der Waals surface area contributed by atoms with Crippen LogP contribution in [0.25, 0.3) is 0 Å². The zero-order chi connectivity index (χ0) is 15.6. The van der Waals surface area contributed by atoms with E-state index >= 15 is 0 Å². The van der Waals surface area contributed by atoms with Gasteiger partial charge in [0.15, 0.2) is 11.6 Å². The third kappa shape index (κ3) is 2.97. The van der Waals surface area contributed by atoms with E-state index in [2.05, 4.69) is 5.32 Å². The molecular weight excluding hydrogens is 306 g/mol. The number of hydrogen-bond acceptors (Lipinski definition) is 3. The zero-order valence-corrected chi connectivity index (χ0v) is 11.0. The van der Waals surface area contributed by atoms with E-state index in [1.165, 1.54) is 18.2 Å². The standard InChI is InChI=1S/C13H7ClF2N2O3/c14-8-4-1-3-7(12(8)18(20)21)13(19)17-10-6-2-5-9(15)11(10)16/h1-6H,(H,17,19). The molecular formula is C13H7ClF2N2O3. The van der Waals surface area contributed by atoms with Crippen LogP contribution < -0.4 is 5.32 Å². The molecule has 0 spiro atoms. The monoisotopic (exact) mass is 312 g/mol. The van der Waals surface area contributed by atoms with E-state index in [1.54, 1.807) is 0 Å². The van der Waals surface area contributed by atoms with Crippen molar-refractivity contribution in [1.29, 1.82) is 0 Å². The van der Waals surface area contributed by atoms with Gasteiger partial charge >= 0.3 is 5.69 Å². The SMILES string of the molecule is O=C(Nc1cccc(F)c1F)c1cccc(Cl)c1[N+](=O)[O-]. The summed E-state index contributed by atoms with van der Waals surface area (Å²) >= 11 is 5.67. The minimum absolute atomic E-state index is 0.229. The van der Waals surface area contributed by atoms with Crippen LogP contribution in [0, 0.1) is 21.7 Å². The van der Waals surface area contributed by atoms with Crippen molar-refractivity contribution in [2.75, 3.05) is 5.32 Å². The number of hydrogen-bond donors (Lipinski definition) is 1. The Balaban J connectivity index is 2.40. The number of halogens is 3. The third-order valence-corrected chi connectivity index (χ3v) is 2.92. The molecule has 0 aliphatic heterocycles. The lowest BCUT2D eigenvalue weighted by atomic mass is 10.1. The first kappa shape index (κ1) is 14.9. The number of anilines is 1. The van der Waals surface area contributed by atoms with Gasteiger partial charge < -0.3 is 5.32 Å². The normalized spacial score (nSPS) is 10.2. The van der Waals surface area contributed by atoms with E-state index in [0.717, 1.165) is 18.2 Å². The highest BCUT2D eigenvalue weighted by atomic mass is 35.5. The van der Waals surface area contributed by atoms with Crippen molar-refractivity contribution in [3.63, 3.8) is 0 Å². The minimum Gasteiger partial charge on any atom is -0.319 e. The molecule has 0 saturated carbocycles. The molecule has 0 saturated heterocycles. The van der Waals surface area contributed by atoms with Gasteiger partial charge in [0.1, 0.15) is 10.6 Å². The van der Waals surface area contributed by atoms with Gasteiger partial charge in [0.2, 0.25) is 0 Å². The van der Waals surface area contributed by atoms with Crippen LogP contribution in [0.2, 0.25) is 5.02 Å². The summed E-state index contributed by atoms with van der Waals surface area (Å²) in [5.74, 6) is -3.36. The quantitative estimate of drug-likeness (QED) is 0.692. The molecule has 0 radical (unpaired) electrons. The van der Waals surface area contributed by atoms with Crippen LogP contribution in [0.5, 0.6) is 0 Å². The van der Waals surface area contributed by atoms with Gasteiger partial charge in [-0.3, -0.25) is 14.9 Å². The molecule has 8 heteroatoms. The Morgan fingerprint density at radius 3 is 2.52 bits per heavy atom. The van der Waals surface area contributed by atoms with E-state index in [1.807, 2.05) is 0 Å². The summed E-state index contributed by atoms with van der Waals surface area (Å²) in [5.41, 5.74) is -1.38. The first-order valence-corrected chi connectivity index (χ1v) is 5.98. The molecule has 21 heavy (non-hydrogen) atoms. The number of nitro benzene ring substituents is 1. The number of carbonyl (C=O) groups is 1. The lowest BCUT2D eigenvalue weighted by Gasteiger charge is -2.07. The summed E-state index contributed by atoms with van der Waals surface area (Å²) in [4.78, 5) is 22.1. The number of amides is 1. The number of nitrogens with zero attached hydrogens (tertiary/aromatic N) is 1. The average molecular weight is 313 g/mol. The fraction of sp³-hybridized carbons (Fsp3) is 0. The number of nitrogens with one attached hydrogen (secondary N) is 1. The van der Waals surface area contributed by atoms with Gasteiger partial charge in [0.05, 0.1) is 10.6 Å². The Kier molecular flexibility index (Phi) is 4.13. The van der Waals surface area contributed by atoms with E-state index < -0.39 is 33.8 Å². The molecule has 2 aromatic carbocycles. The summed E-state index contributed by atoms with van der Waals surface area (Å²) in [6.07, 6.45) is 0. The highest BCUT2D eigenvalue weighted by Gasteiger charge is 2.24. The molecule has 0 heterocycles. The fourth-order valence-corrected chi connectivity index (χ4v) is 1.92. The molecule has 1 amide bonds. The Morgan fingerprint density at radius 1 is 1.19 bits per heavy atom. The molecule has 5 nitrogen and oxygen atoms in total. The summed E-state index contributed by atoms with van der Waals surface area (Å²) in [5, 5.41) is 12.8. The molecule has 108 valence electrons. The van der Waals surface area contributed by atoms with Crippen LogP contribution in [0.4, 0.5) is 20.2 Å². The lowest BCUT2D eigenvalue weighted by Crippen LogP contribution is -2.15. The van der Waals surface area contributed by atoms with Crippen molar-refractivity contribution in [3.05, 3.63) is 68.7 Å². The fourth-order valence-electron chi connectivity index (χ4n) is 1.67. The molecule has 2 aromatic rings. The largest absolute Gasteiger partial charge is 0.319 e. The molecule has 0 aliphatic rings. The van der Waals surface area contributed by atoms with E-state index in [-0.39, 0.29) is 10.6 Å². The van der Waals surface area contributed by atoms with Gasteiger partial charge in [-0.2, -0.15) is 0 Å². The molecule has 0 unspecified atom stereocenters. The highest BCUT2D eigenvalue weighted by molar-refractivity contribution is 6.33. The maximum absolute atomic E-state index is 13.5. The number of benzene rings is 2. The Bertz CT molecular complexity index is 737. The zero-order valence-electron chi connectivity index (χ0n) is 10.3. The second kappa shape index (κ2) is 5.84. The Morgan fingerprint density at radius 2 is 1.86 bits per heavy atom. The van der Waals surface area contributed by atoms with E-state index in [4.69, 9.17) is 11.6 Å². The predicted octanol–water partition coefficient (Wildman–Crippen LogP) is 3.78. The molecule has 0 bridgehead atoms. The van der Waals surface area contributed by atoms with E-state index in [0.29, 0.717) is 0 Å². The third-order valence-electron chi connectivity index (χ3n) is 2.61. The Labute approximate surface area is 122 Å². The van der Waals surface area contributed by atoms with Crippen LogP contribution in [0.1, 0.15) is 10.4 Å². The first-order valence-electron chi connectivity index (χ1n) is 5.60. The summed E-state index contributed by atoms with van der Waals surface area (Å²) in [6, 6.07) is 6.96. The molecule has 1 N–H and O–H groups in total. The highest BCUT2D eigenvalue weighted by Crippen LogP contribution is 2.29. The number of carbonyl (C=O) groups excluding carboxylic acids is 1. The van der Waals surface area contributed by atoms with Crippen LogP contribution >= 0.6 is 11.6 Å². The van der Waals surface area contributed by atoms with Gasteiger partial charge in [0.25, 0.3) is 5.91 Å². The number of para-hydroxylation sites is 1. The maximum Gasteiger partial charge on any atom is 0.300 e. The molecule has 0 fully saturated rings. The molecule has 0 atom stereocenters. The van der Waals surface area contributed by atoms with Gasteiger partial charge in [-0.1, -0.05) is 23.7 Å². The summed E-state index contributed by atoms with van der Waals surface area (Å²) in [6.45, 7) is 0. The first-order chi connectivity index (χ1) is 9.91. The van der Waals surface area contributed by atoms with Gasteiger partial charge in [0, 0.05) is 0 Å². The van der Waals surface area contributed by atoms with Crippen molar-refractivity contribution in [1.82, 2.24) is 0 Å². The average Bonchev–Trinajstić information content (AvgIpc) is 2.43. The van der Waals surface area contributed by atoms with Gasteiger partial charge in [-0.15, -0.1) is 0 Å². The van der Waals surface area contributed by atoms with Crippen molar-refractivity contribution in [2.45, 2.75) is 0 Å².